The molecule has 0 aliphatic heterocycles. The third-order valence-corrected chi connectivity index (χ3v) is 3.42. The minimum atomic E-state index is -0.387. The summed E-state index contributed by atoms with van der Waals surface area (Å²) < 4.78 is 0. The maximum atomic E-state index is 12.0. The molecular weight excluding hydrogens is 276 g/mol. The van der Waals surface area contributed by atoms with Crippen LogP contribution in [0.4, 0.5) is 0 Å². The van der Waals surface area contributed by atoms with E-state index in [0.717, 1.165) is 24.1 Å². The van der Waals surface area contributed by atoms with Crippen LogP contribution in [0.5, 0.6) is 0 Å². The fourth-order valence-electron chi connectivity index (χ4n) is 1.96. The fraction of sp³-hybridized carbons (Fsp3) is 0.556. The summed E-state index contributed by atoms with van der Waals surface area (Å²) in [5, 5.41) is 2.90. The van der Waals surface area contributed by atoms with Gasteiger partial charge in [-0.25, -0.2) is 0 Å². The van der Waals surface area contributed by atoms with Gasteiger partial charge in [-0.3, -0.25) is 9.59 Å². The molecule has 0 bridgehead atoms. The van der Waals surface area contributed by atoms with Crippen molar-refractivity contribution >= 4 is 11.7 Å². The molecule has 0 spiro atoms. The predicted molar refractivity (Wildman–Crippen MR) is 89.9 cm³/mol. The first-order valence-corrected chi connectivity index (χ1v) is 7.75. The summed E-state index contributed by atoms with van der Waals surface area (Å²) in [6, 6.07) is 7.50. The Hall–Kier alpha value is -1.68. The summed E-state index contributed by atoms with van der Waals surface area (Å²) >= 11 is 0. The average Bonchev–Trinajstić information content (AvgIpc) is 2.43. The van der Waals surface area contributed by atoms with Crippen LogP contribution in [0.1, 0.15) is 49.5 Å². The molecule has 1 aromatic carbocycles. The van der Waals surface area contributed by atoms with Crippen LogP contribution in [0.25, 0.3) is 0 Å². The molecule has 0 saturated heterocycles. The smallest absolute Gasteiger partial charge is 0.225 e. The quantitative estimate of drug-likeness (QED) is 0.788. The molecule has 0 atom stereocenters. The molecule has 22 heavy (non-hydrogen) atoms. The number of nitrogens with zero attached hydrogens (tertiary/aromatic N) is 1. The van der Waals surface area contributed by atoms with Crippen molar-refractivity contribution in [3.63, 3.8) is 0 Å². The molecule has 1 amide bonds. The Morgan fingerprint density at radius 3 is 2.18 bits per heavy atom. The summed E-state index contributed by atoms with van der Waals surface area (Å²) in [5.74, 6) is 0.198. The van der Waals surface area contributed by atoms with E-state index in [2.05, 4.69) is 10.2 Å². The van der Waals surface area contributed by atoms with Crippen molar-refractivity contribution in [1.29, 1.82) is 0 Å². The molecule has 0 unspecified atom stereocenters. The number of benzene rings is 1. The van der Waals surface area contributed by atoms with Crippen molar-refractivity contribution in [3.8, 4) is 0 Å². The Labute approximate surface area is 133 Å². The molecule has 4 heteroatoms. The predicted octanol–water partition coefficient (Wildman–Crippen LogP) is 2.87. The number of Topliss-reactive ketones (excluding diaryl/α,β-unsaturated/α-hetero) is 1. The monoisotopic (exact) mass is 304 g/mol. The van der Waals surface area contributed by atoms with E-state index in [4.69, 9.17) is 0 Å². The van der Waals surface area contributed by atoms with Crippen molar-refractivity contribution in [2.45, 2.75) is 40.2 Å². The first kappa shape index (κ1) is 18.4. The van der Waals surface area contributed by atoms with Crippen LogP contribution in [-0.4, -0.2) is 37.2 Å². The van der Waals surface area contributed by atoms with Gasteiger partial charge in [0.1, 0.15) is 0 Å². The maximum Gasteiger partial charge on any atom is 0.225 e. The summed E-state index contributed by atoms with van der Waals surface area (Å²) in [6.45, 7) is 7.07. The van der Waals surface area contributed by atoms with Crippen LogP contribution in [0.15, 0.2) is 24.3 Å². The molecule has 0 radical (unpaired) electrons. The molecule has 1 N–H and O–H groups in total. The number of ketones is 1. The van der Waals surface area contributed by atoms with Gasteiger partial charge in [0, 0.05) is 23.9 Å². The molecule has 4 nitrogen and oxygen atoms in total. The van der Waals surface area contributed by atoms with Crippen LogP contribution in [0, 0.1) is 5.41 Å². The van der Waals surface area contributed by atoms with E-state index in [1.165, 1.54) is 0 Å². The molecule has 0 aliphatic carbocycles. The zero-order chi connectivity index (χ0) is 16.8. The van der Waals surface area contributed by atoms with Crippen molar-refractivity contribution in [2.75, 3.05) is 20.6 Å². The largest absolute Gasteiger partial charge is 0.352 e. The Morgan fingerprint density at radius 2 is 1.68 bits per heavy atom. The van der Waals surface area contributed by atoms with Gasteiger partial charge in [0.2, 0.25) is 5.91 Å². The second-order valence-corrected chi connectivity index (χ2v) is 6.96. The lowest BCUT2D eigenvalue weighted by molar-refractivity contribution is -0.128. The average molecular weight is 304 g/mol. The maximum absolute atomic E-state index is 12.0. The normalized spacial score (nSPS) is 11.5. The van der Waals surface area contributed by atoms with Crippen LogP contribution >= 0.6 is 0 Å². The number of carbonyl (C=O) groups is 2. The van der Waals surface area contributed by atoms with Gasteiger partial charge in [-0.05, 0) is 32.6 Å². The minimum Gasteiger partial charge on any atom is -0.352 e. The molecule has 0 saturated carbocycles. The molecule has 0 fully saturated rings. The summed E-state index contributed by atoms with van der Waals surface area (Å²) in [5.41, 5.74) is 1.36. The number of amides is 1. The Balaban J connectivity index is 2.49. The van der Waals surface area contributed by atoms with Crippen LogP contribution in [0.2, 0.25) is 0 Å². The molecule has 1 aromatic rings. The van der Waals surface area contributed by atoms with E-state index in [9.17, 15) is 9.59 Å². The topological polar surface area (TPSA) is 49.4 Å². The highest BCUT2D eigenvalue weighted by molar-refractivity contribution is 5.96. The van der Waals surface area contributed by atoms with Gasteiger partial charge < -0.3 is 10.2 Å². The number of nitrogens with one attached hydrogen (secondary N) is 1. The highest BCUT2D eigenvalue weighted by atomic mass is 16.2. The molecule has 1 rings (SSSR count). The van der Waals surface area contributed by atoms with Crippen molar-refractivity contribution in [2.24, 2.45) is 5.41 Å². The van der Waals surface area contributed by atoms with Gasteiger partial charge in [-0.15, -0.1) is 0 Å². The van der Waals surface area contributed by atoms with Crippen LogP contribution in [0.3, 0.4) is 0 Å². The summed E-state index contributed by atoms with van der Waals surface area (Å²) in [6.07, 6.45) is 1.44. The first-order valence-electron chi connectivity index (χ1n) is 7.75. The molecule has 122 valence electrons. The van der Waals surface area contributed by atoms with Gasteiger partial charge in [0.05, 0.1) is 0 Å². The number of rotatable bonds is 7. The molecule has 0 aromatic heterocycles. The molecular formula is C18H28N2O2. The zero-order valence-corrected chi connectivity index (χ0v) is 14.4. The Bertz CT molecular complexity index is 499. The lowest BCUT2D eigenvalue weighted by atomic mass is 9.95. The number of hydrogen-bond acceptors (Lipinski definition) is 3. The van der Waals surface area contributed by atoms with E-state index in [1.54, 1.807) is 0 Å². The van der Waals surface area contributed by atoms with E-state index >= 15 is 0 Å². The standard InChI is InChI=1S/C18H28N2O2/c1-18(2,3)17(22)19-13-14-8-10-15(11-9-14)16(21)7-6-12-20(4)5/h8-11H,6-7,12-13H2,1-5H3,(H,19,22). The van der Waals surface area contributed by atoms with Crippen molar-refractivity contribution < 1.29 is 9.59 Å². The van der Waals surface area contributed by atoms with Gasteiger partial charge in [-0.2, -0.15) is 0 Å². The second-order valence-electron chi connectivity index (χ2n) is 6.96. The fourth-order valence-corrected chi connectivity index (χ4v) is 1.96. The lowest BCUT2D eigenvalue weighted by Gasteiger charge is -2.17. The van der Waals surface area contributed by atoms with Gasteiger partial charge in [0.15, 0.2) is 5.78 Å². The molecule has 0 aliphatic rings. The lowest BCUT2D eigenvalue weighted by Crippen LogP contribution is -2.34. The van der Waals surface area contributed by atoms with Crippen LogP contribution < -0.4 is 5.32 Å². The highest BCUT2D eigenvalue weighted by Gasteiger charge is 2.20. The third-order valence-electron chi connectivity index (χ3n) is 3.42. The van der Waals surface area contributed by atoms with Gasteiger partial charge in [-0.1, -0.05) is 45.0 Å². The third kappa shape index (κ3) is 6.39. The van der Waals surface area contributed by atoms with Crippen molar-refractivity contribution in [3.05, 3.63) is 35.4 Å². The first-order chi connectivity index (χ1) is 10.2. The van der Waals surface area contributed by atoms with Gasteiger partial charge in [0.25, 0.3) is 0 Å². The van der Waals surface area contributed by atoms with E-state index < -0.39 is 0 Å². The summed E-state index contributed by atoms with van der Waals surface area (Å²) in [7, 11) is 4.01. The van der Waals surface area contributed by atoms with Crippen molar-refractivity contribution in [1.82, 2.24) is 10.2 Å². The van der Waals surface area contributed by atoms with Crippen LogP contribution in [-0.2, 0) is 11.3 Å². The Morgan fingerprint density at radius 1 is 1.09 bits per heavy atom. The second kappa shape index (κ2) is 8.08. The highest BCUT2D eigenvalue weighted by Crippen LogP contribution is 2.13. The van der Waals surface area contributed by atoms with Gasteiger partial charge >= 0.3 is 0 Å². The number of hydrogen-bond donors (Lipinski definition) is 1. The molecule has 0 heterocycles. The zero-order valence-electron chi connectivity index (χ0n) is 14.4. The van der Waals surface area contributed by atoms with E-state index in [0.29, 0.717) is 13.0 Å². The minimum absolute atomic E-state index is 0.0244. The van der Waals surface area contributed by atoms with E-state index in [1.807, 2.05) is 59.1 Å². The SMILES string of the molecule is CN(C)CCCC(=O)c1ccc(CNC(=O)C(C)(C)C)cc1. The number of carbonyl (C=O) groups excluding carboxylic acids is 2. The van der Waals surface area contributed by atoms with E-state index in [-0.39, 0.29) is 17.1 Å². The Kier molecular flexibility index (Phi) is 6.75. The summed E-state index contributed by atoms with van der Waals surface area (Å²) in [4.78, 5) is 25.9.